The van der Waals surface area contributed by atoms with Gasteiger partial charge in [-0.05, 0) is 41.3 Å². The smallest absolute Gasteiger partial charge is 0.227 e. The topological polar surface area (TPSA) is 55.0 Å². The number of hydrogen-bond acceptors (Lipinski definition) is 5. The Balaban J connectivity index is 1.85. The molecule has 0 bridgehead atoms. The fourth-order valence-corrected chi connectivity index (χ4v) is 2.49. The van der Waals surface area contributed by atoms with Crippen molar-refractivity contribution in [2.45, 2.75) is 25.4 Å². The molecule has 2 N–H and O–H groups in total. The van der Waals surface area contributed by atoms with E-state index in [-0.39, 0.29) is 0 Å². The largest absolute Gasteiger partial charge is 0.384 e. The molecule has 1 fully saturated rings. The lowest BCUT2D eigenvalue weighted by molar-refractivity contribution is 0.761. The Bertz CT molecular complexity index is 493. The number of nitrogens with two attached hydrogens (primary N) is 1. The van der Waals surface area contributed by atoms with E-state index in [0.717, 1.165) is 12.5 Å². The molecule has 1 saturated carbocycles. The molecule has 0 aromatic carbocycles. The summed E-state index contributed by atoms with van der Waals surface area (Å²) >= 11 is 1.72. The maximum Gasteiger partial charge on any atom is 0.227 e. The van der Waals surface area contributed by atoms with Crippen molar-refractivity contribution in [3.8, 4) is 0 Å². The highest BCUT2D eigenvalue weighted by Crippen LogP contribution is 2.31. The molecule has 0 saturated heterocycles. The molecule has 3 rings (SSSR count). The third-order valence-corrected chi connectivity index (χ3v) is 3.57. The van der Waals surface area contributed by atoms with Gasteiger partial charge >= 0.3 is 0 Å². The fourth-order valence-electron chi connectivity index (χ4n) is 1.83. The van der Waals surface area contributed by atoms with E-state index in [4.69, 9.17) is 5.73 Å². The van der Waals surface area contributed by atoms with Crippen molar-refractivity contribution < 1.29 is 0 Å². The Kier molecular flexibility index (Phi) is 2.68. The van der Waals surface area contributed by atoms with Crippen molar-refractivity contribution in [1.82, 2.24) is 9.97 Å². The summed E-state index contributed by atoms with van der Waals surface area (Å²) in [7, 11) is 0. The number of nitrogens with zero attached hydrogens (tertiary/aromatic N) is 3. The van der Waals surface area contributed by atoms with Gasteiger partial charge in [-0.15, -0.1) is 0 Å². The van der Waals surface area contributed by atoms with Crippen LogP contribution in [0.4, 0.5) is 11.8 Å². The van der Waals surface area contributed by atoms with Gasteiger partial charge in [-0.3, -0.25) is 0 Å². The summed E-state index contributed by atoms with van der Waals surface area (Å²) in [5.41, 5.74) is 7.03. The first kappa shape index (κ1) is 10.5. The van der Waals surface area contributed by atoms with Crippen LogP contribution in [-0.4, -0.2) is 16.0 Å². The molecule has 0 radical (unpaired) electrons. The second kappa shape index (κ2) is 4.33. The fraction of sp³-hybridized carbons (Fsp3) is 0.333. The summed E-state index contributed by atoms with van der Waals surface area (Å²) in [6.07, 6.45) is 4.17. The lowest BCUT2D eigenvalue weighted by Gasteiger charge is -2.21. The summed E-state index contributed by atoms with van der Waals surface area (Å²) < 4.78 is 0. The van der Waals surface area contributed by atoms with Crippen LogP contribution in [0, 0.1) is 0 Å². The molecule has 0 unspecified atom stereocenters. The predicted molar refractivity (Wildman–Crippen MR) is 70.0 cm³/mol. The van der Waals surface area contributed by atoms with E-state index in [1.807, 2.05) is 0 Å². The van der Waals surface area contributed by atoms with Crippen LogP contribution in [0.2, 0.25) is 0 Å². The lowest BCUT2D eigenvalue weighted by Crippen LogP contribution is -2.26. The van der Waals surface area contributed by atoms with E-state index in [1.165, 1.54) is 18.4 Å². The van der Waals surface area contributed by atoms with Gasteiger partial charge in [-0.25, -0.2) is 4.98 Å². The Morgan fingerprint density at radius 1 is 1.41 bits per heavy atom. The predicted octanol–water partition coefficient (Wildman–Crippen LogP) is 2.29. The van der Waals surface area contributed by atoms with Crippen LogP contribution in [0.25, 0.3) is 0 Å². The van der Waals surface area contributed by atoms with E-state index < -0.39 is 0 Å². The minimum Gasteiger partial charge on any atom is -0.384 e. The van der Waals surface area contributed by atoms with Crippen LogP contribution in [0.1, 0.15) is 18.4 Å². The highest BCUT2D eigenvalue weighted by atomic mass is 32.1. The Morgan fingerprint density at radius 3 is 2.94 bits per heavy atom. The molecular weight excluding hydrogens is 232 g/mol. The quantitative estimate of drug-likeness (QED) is 0.899. The van der Waals surface area contributed by atoms with Crippen LogP contribution in [0.15, 0.2) is 29.1 Å². The van der Waals surface area contributed by atoms with Crippen molar-refractivity contribution in [2.75, 3.05) is 10.6 Å². The monoisotopic (exact) mass is 246 g/mol. The first-order valence-electron chi connectivity index (χ1n) is 5.69. The average Bonchev–Trinajstić information content (AvgIpc) is 3.03. The zero-order valence-corrected chi connectivity index (χ0v) is 10.2. The highest BCUT2D eigenvalue weighted by Gasteiger charge is 2.30. The molecule has 17 heavy (non-hydrogen) atoms. The average molecular weight is 246 g/mol. The van der Waals surface area contributed by atoms with E-state index >= 15 is 0 Å². The number of rotatable bonds is 4. The van der Waals surface area contributed by atoms with Crippen molar-refractivity contribution in [3.63, 3.8) is 0 Å². The Hall–Kier alpha value is -1.62. The van der Waals surface area contributed by atoms with E-state index in [0.29, 0.717) is 11.9 Å². The molecule has 5 heteroatoms. The van der Waals surface area contributed by atoms with Crippen molar-refractivity contribution >= 4 is 23.1 Å². The molecule has 1 aliphatic rings. The molecule has 1 aliphatic carbocycles. The van der Waals surface area contributed by atoms with Gasteiger partial charge in [0, 0.05) is 18.8 Å². The van der Waals surface area contributed by atoms with Gasteiger partial charge in [-0.1, -0.05) is 0 Å². The van der Waals surface area contributed by atoms with Gasteiger partial charge in [0.2, 0.25) is 5.95 Å². The molecule has 0 atom stereocenters. The van der Waals surface area contributed by atoms with Crippen LogP contribution in [-0.2, 0) is 6.54 Å². The number of anilines is 2. The summed E-state index contributed by atoms with van der Waals surface area (Å²) in [5.74, 6) is 1.28. The van der Waals surface area contributed by atoms with E-state index in [9.17, 15) is 0 Å². The molecular formula is C12H14N4S. The SMILES string of the molecule is Nc1ccnc(N(Cc2ccsc2)C2CC2)n1. The van der Waals surface area contributed by atoms with Crippen LogP contribution in [0.5, 0.6) is 0 Å². The van der Waals surface area contributed by atoms with Gasteiger partial charge in [0.05, 0.1) is 0 Å². The second-order valence-corrected chi connectivity index (χ2v) is 5.05. The van der Waals surface area contributed by atoms with Gasteiger partial charge in [-0.2, -0.15) is 16.3 Å². The van der Waals surface area contributed by atoms with Crippen LogP contribution in [0.3, 0.4) is 0 Å². The number of hydrogen-bond donors (Lipinski definition) is 1. The van der Waals surface area contributed by atoms with Crippen LogP contribution < -0.4 is 10.6 Å². The van der Waals surface area contributed by atoms with Crippen molar-refractivity contribution in [1.29, 1.82) is 0 Å². The number of thiophene rings is 1. The third kappa shape index (κ3) is 2.39. The second-order valence-electron chi connectivity index (χ2n) is 4.27. The molecule has 2 aromatic rings. The molecule has 2 aromatic heterocycles. The maximum absolute atomic E-state index is 5.71. The van der Waals surface area contributed by atoms with Gasteiger partial charge in [0.1, 0.15) is 5.82 Å². The Labute approximate surface area is 104 Å². The number of nitrogen functional groups attached to an aromatic ring is 1. The summed E-state index contributed by atoms with van der Waals surface area (Å²) in [6.45, 7) is 0.873. The van der Waals surface area contributed by atoms with Gasteiger partial charge < -0.3 is 10.6 Å². The van der Waals surface area contributed by atoms with Crippen LogP contribution >= 0.6 is 11.3 Å². The standard InChI is InChI=1S/C12H14N4S/c13-11-3-5-14-12(15-11)16(10-1-2-10)7-9-4-6-17-8-9/h3-6,8,10H,1-2,7H2,(H2,13,14,15). The van der Waals surface area contributed by atoms with Gasteiger partial charge in [0.25, 0.3) is 0 Å². The third-order valence-electron chi connectivity index (χ3n) is 2.84. The summed E-state index contributed by atoms with van der Waals surface area (Å²) in [6, 6.07) is 4.45. The zero-order valence-electron chi connectivity index (χ0n) is 9.41. The minimum absolute atomic E-state index is 0.533. The van der Waals surface area contributed by atoms with E-state index in [1.54, 1.807) is 23.6 Å². The molecule has 0 amide bonds. The minimum atomic E-state index is 0.533. The van der Waals surface area contributed by atoms with Crippen molar-refractivity contribution in [3.05, 3.63) is 34.7 Å². The molecule has 88 valence electrons. The first-order valence-corrected chi connectivity index (χ1v) is 6.63. The lowest BCUT2D eigenvalue weighted by atomic mass is 10.3. The van der Waals surface area contributed by atoms with Crippen molar-refractivity contribution in [2.24, 2.45) is 0 Å². The maximum atomic E-state index is 5.71. The molecule has 2 heterocycles. The summed E-state index contributed by atoms with van der Waals surface area (Å²) in [4.78, 5) is 10.9. The molecule has 0 spiro atoms. The van der Waals surface area contributed by atoms with E-state index in [2.05, 4.69) is 31.7 Å². The first-order chi connectivity index (χ1) is 8.33. The highest BCUT2D eigenvalue weighted by molar-refractivity contribution is 7.07. The zero-order chi connectivity index (χ0) is 11.7. The number of aromatic nitrogens is 2. The summed E-state index contributed by atoms with van der Waals surface area (Å²) in [5, 5.41) is 4.27. The Morgan fingerprint density at radius 2 is 2.29 bits per heavy atom. The van der Waals surface area contributed by atoms with Gasteiger partial charge in [0.15, 0.2) is 0 Å². The normalized spacial score (nSPS) is 14.8. The molecule has 4 nitrogen and oxygen atoms in total. The molecule has 0 aliphatic heterocycles.